The first-order chi connectivity index (χ1) is 48.1. The summed E-state index contributed by atoms with van der Waals surface area (Å²) in [6, 6.07) is 19.1. The molecule has 4 aromatic carbocycles. The Kier molecular flexibility index (Phi) is 28.2. The molecule has 28 heteroatoms. The Hall–Kier alpha value is -8.89. The second-order valence-corrected chi connectivity index (χ2v) is 29.7. The molecule has 2 fully saturated rings. The second-order valence-electron chi connectivity index (χ2n) is 26.2. The van der Waals surface area contributed by atoms with Crippen molar-refractivity contribution in [2.24, 2.45) is 23.7 Å². The summed E-state index contributed by atoms with van der Waals surface area (Å²) in [6.07, 6.45) is -1.01. The fourth-order valence-corrected chi connectivity index (χ4v) is 15.4. The number of anilines is 1. The van der Waals surface area contributed by atoms with Crippen LogP contribution in [-0.4, -0.2) is 154 Å². The lowest BCUT2D eigenvalue weighted by Gasteiger charge is -2.30. The number of nitrogens with one attached hydrogen (secondary N) is 5. The zero-order valence-corrected chi connectivity index (χ0v) is 59.2. The van der Waals surface area contributed by atoms with Gasteiger partial charge in [0.2, 0.25) is 29.5 Å². The van der Waals surface area contributed by atoms with Crippen molar-refractivity contribution < 1.29 is 83.0 Å². The van der Waals surface area contributed by atoms with Crippen LogP contribution in [0.5, 0.6) is 17.2 Å². The Bertz CT molecular complexity index is 4100. The van der Waals surface area contributed by atoms with Crippen LogP contribution in [0.15, 0.2) is 106 Å². The van der Waals surface area contributed by atoms with Gasteiger partial charge in [0.1, 0.15) is 34.6 Å². The van der Waals surface area contributed by atoms with Crippen molar-refractivity contribution in [2.75, 3.05) is 29.9 Å². The number of aliphatic carboxylic acids is 1. The minimum atomic E-state index is -1.46. The number of aliphatic hydroxyl groups is 1. The first-order valence-corrected chi connectivity index (χ1v) is 36.7. The van der Waals surface area contributed by atoms with Crippen molar-refractivity contribution in [3.8, 4) is 39.7 Å². The summed E-state index contributed by atoms with van der Waals surface area (Å²) < 4.78 is 5.94. The molecule has 4 aliphatic rings. The van der Waals surface area contributed by atoms with Gasteiger partial charge >= 0.3 is 11.9 Å². The normalized spacial score (nSPS) is 19.6. The number of Topliss-reactive ketones (excluding diaryl/α,β-unsaturated/α-hetero) is 3. The van der Waals surface area contributed by atoms with Crippen LogP contribution < -0.4 is 32.0 Å². The average Bonchev–Trinajstić information content (AvgIpc) is 1.07. The molecule has 8 atom stereocenters. The molecule has 2 saturated heterocycles. The van der Waals surface area contributed by atoms with Crippen LogP contribution in [0, 0.1) is 23.7 Å². The third kappa shape index (κ3) is 22.6. The Morgan fingerprint density at radius 1 is 0.772 bits per heavy atom. The molecule has 0 bridgehead atoms. The number of thiocarbonyl (C=S) groups is 1. The Morgan fingerprint density at radius 3 is 2.19 bits per heavy atom. The predicted octanol–water partition coefficient (Wildman–Crippen LogP) is 9.18. The molecule has 3 heterocycles. The molecule has 0 radical (unpaired) electrons. The predicted molar refractivity (Wildman–Crippen MR) is 387 cm³/mol. The maximum Gasteiger partial charge on any atom is 0.336 e. The maximum atomic E-state index is 15.0. The summed E-state index contributed by atoms with van der Waals surface area (Å²) in [5.74, 6) is -10.9. The van der Waals surface area contributed by atoms with Gasteiger partial charge in [-0.05, 0) is 135 Å². The Morgan fingerprint density at radius 2 is 1.48 bits per heavy atom. The van der Waals surface area contributed by atoms with E-state index >= 15 is 4.79 Å². The number of aromatic carboxylic acids is 1. The van der Waals surface area contributed by atoms with E-state index in [2.05, 4.69) is 26.6 Å². The van der Waals surface area contributed by atoms with E-state index in [1.807, 2.05) is 13.8 Å². The summed E-state index contributed by atoms with van der Waals surface area (Å²) >= 11 is 11.9. The number of carboxylic acids is 2. The number of rotatable bonds is 25. The highest BCUT2D eigenvalue weighted by molar-refractivity contribution is 8.76. The zero-order chi connectivity index (χ0) is 73.2. The van der Waals surface area contributed by atoms with Crippen LogP contribution in [0.2, 0.25) is 5.02 Å². The molecule has 101 heavy (non-hydrogen) atoms. The SMILES string of the molecule is CC(C)C[C@@H]1CC(=O)CNC(=O)[C@H](Cc2ccc(O)c(Cl)c2)CC(=O)[C@H]2C[C@@H](O)CN2C(=O)[C@@H](NC(=O)[C@@H](CCC(=O)O)CC(=O)[C@H](Cc2ccc(O)cc2)NC(=O)CCCCCCC(=S)Nc2ccc(-c3c4ccc(=O)cc-4oc4cc(O)ccc34)c(C(=O)O)c2)CSSC[C@@H](C)NC1=O. The van der Waals surface area contributed by atoms with E-state index in [1.165, 1.54) is 71.5 Å². The van der Waals surface area contributed by atoms with Crippen molar-refractivity contribution in [1.29, 1.82) is 0 Å². The van der Waals surface area contributed by atoms with Gasteiger partial charge in [-0.3, -0.25) is 47.9 Å². The Labute approximate surface area is 601 Å². The Balaban J connectivity index is 0.935. The van der Waals surface area contributed by atoms with Crippen LogP contribution in [0.3, 0.4) is 0 Å². The van der Waals surface area contributed by atoms with Gasteiger partial charge in [0, 0.05) is 115 Å². The lowest BCUT2D eigenvalue weighted by molar-refractivity contribution is -0.142. The number of benzene rings is 5. The van der Waals surface area contributed by atoms with Gasteiger partial charge in [-0.15, -0.1) is 0 Å². The number of carboxylic acid groups (broad SMARTS) is 2. The molecule has 3 aliphatic heterocycles. The van der Waals surface area contributed by atoms with Crippen LogP contribution in [0.4, 0.5) is 5.69 Å². The lowest BCUT2D eigenvalue weighted by Crippen LogP contribution is -2.54. The monoisotopic (exact) mass is 1460 g/mol. The number of phenols is 3. The highest BCUT2D eigenvalue weighted by Gasteiger charge is 2.43. The highest BCUT2D eigenvalue weighted by Crippen LogP contribution is 2.43. The molecule has 4 aromatic rings. The summed E-state index contributed by atoms with van der Waals surface area (Å²) in [4.78, 5) is 153. The number of carbonyl (C=O) groups excluding carboxylic acids is 8. The molecule has 8 rings (SSSR count). The van der Waals surface area contributed by atoms with Crippen LogP contribution in [0.1, 0.15) is 126 Å². The van der Waals surface area contributed by atoms with E-state index in [4.69, 9.17) is 28.2 Å². The van der Waals surface area contributed by atoms with E-state index in [0.29, 0.717) is 82.4 Å². The number of carbonyl (C=O) groups is 10. The van der Waals surface area contributed by atoms with E-state index in [1.54, 1.807) is 43.3 Å². The van der Waals surface area contributed by atoms with Crippen molar-refractivity contribution >= 4 is 126 Å². The number of hydrogen-bond acceptors (Lipinski definition) is 19. The largest absolute Gasteiger partial charge is 0.508 e. The smallest absolute Gasteiger partial charge is 0.336 e. The molecule has 0 spiro atoms. The number of phenolic OH excluding ortho intramolecular Hbond substituents is 3. The number of aromatic hydroxyl groups is 3. The molecular formula is C73H83ClN6O18S3. The number of ketones is 3. The standard InChI is InChI=1S/C73H83ClN6O18S3/c1-39(2)24-44-28-50(84)35-75-69(92)45(25-42-12-22-60(86)56(74)26-42)30-62(88)59-32-51(85)36-80(59)72(95)58(38-101-100-37-40(3)76-71(44)94)79-70(93)43(13-23-67(90)91)29-61(87)57(27-41-10-15-47(81)16-11-41)78-65(89)8-6-4-5-7-9-66(99)77-46-14-19-52(55(31-46)73(96)97)68-53-20-17-48(82)33-63(53)98-64-34-49(83)18-21-54(64)68/h10-12,14-22,26,31,33-34,39-40,43-45,51,57-59,81-82,85-86H,4-9,13,23-25,27-30,32,35-38H2,1-3H3,(H,75,92)(H,76,94)(H,77,99)(H,78,89)(H,79,93)(H,90,91)(H,96,97)/t40-,43+,44-,45-,51-,57+,58+,59-/m1/s1. The molecule has 1 aliphatic carbocycles. The van der Waals surface area contributed by atoms with Crippen LogP contribution in [0.25, 0.3) is 33.4 Å². The van der Waals surface area contributed by atoms with Gasteiger partial charge < -0.3 is 66.5 Å². The number of halogens is 1. The lowest BCUT2D eigenvalue weighted by atomic mass is 9.90. The van der Waals surface area contributed by atoms with Crippen molar-refractivity contribution in [3.63, 3.8) is 0 Å². The zero-order valence-electron chi connectivity index (χ0n) is 56.0. The summed E-state index contributed by atoms with van der Waals surface area (Å²) in [5, 5.41) is 76.7. The number of nitrogens with zero attached hydrogens (tertiary/aromatic N) is 1. The quantitative estimate of drug-likeness (QED) is 0.0110. The molecule has 5 amide bonds. The minimum absolute atomic E-state index is 0.0174. The molecule has 0 unspecified atom stereocenters. The molecule has 538 valence electrons. The molecule has 11 N–H and O–H groups in total. The molecule has 0 aromatic heterocycles. The van der Waals surface area contributed by atoms with Crippen molar-refractivity contribution in [2.45, 2.75) is 147 Å². The number of fused-ring (bicyclic) bond motifs is 3. The first kappa shape index (κ1) is 77.8. The molecule has 0 saturated carbocycles. The minimum Gasteiger partial charge on any atom is -0.508 e. The van der Waals surface area contributed by atoms with E-state index < -0.39 is 127 Å². The van der Waals surface area contributed by atoms with Gasteiger partial charge in [0.25, 0.3) is 0 Å². The van der Waals surface area contributed by atoms with Crippen LogP contribution >= 0.6 is 45.4 Å². The van der Waals surface area contributed by atoms with Gasteiger partial charge in [-0.1, -0.05) is 96.4 Å². The third-order valence-electron chi connectivity index (χ3n) is 17.6. The highest BCUT2D eigenvalue weighted by atomic mass is 35.5. The van der Waals surface area contributed by atoms with Gasteiger partial charge in [0.05, 0.1) is 40.3 Å². The van der Waals surface area contributed by atoms with E-state index in [0.717, 1.165) is 15.7 Å². The van der Waals surface area contributed by atoms with Gasteiger partial charge in [-0.2, -0.15) is 0 Å². The summed E-state index contributed by atoms with van der Waals surface area (Å²) in [5.41, 5.74) is 2.56. The fraction of sp³-hybridized carbons (Fsp3) is 0.425. The van der Waals surface area contributed by atoms with Crippen LogP contribution in [-0.2, 0) is 56.0 Å². The second kappa shape index (κ2) is 36.6. The topological polar surface area (TPSA) is 386 Å². The number of hydrogen-bond donors (Lipinski definition) is 11. The van der Waals surface area contributed by atoms with Gasteiger partial charge in [-0.25, -0.2) is 4.79 Å². The summed E-state index contributed by atoms with van der Waals surface area (Å²) in [6.45, 7) is 4.75. The average molecular weight is 1460 g/mol. The summed E-state index contributed by atoms with van der Waals surface area (Å²) in [7, 11) is 2.39. The maximum absolute atomic E-state index is 15.0. The third-order valence-corrected chi connectivity index (χ3v) is 20.8. The van der Waals surface area contributed by atoms with Crippen molar-refractivity contribution in [1.82, 2.24) is 26.2 Å². The first-order valence-electron chi connectivity index (χ1n) is 33.4. The fourth-order valence-electron chi connectivity index (χ4n) is 12.5. The van der Waals surface area contributed by atoms with Crippen molar-refractivity contribution in [3.05, 3.63) is 129 Å². The number of aliphatic hydroxyl groups excluding tert-OH is 1. The number of unbranched alkanes of at least 4 members (excludes halogenated alkanes) is 3. The van der Waals surface area contributed by atoms with E-state index in [9.17, 15) is 78.6 Å². The number of amides is 5. The van der Waals surface area contributed by atoms with Gasteiger partial charge in [0.15, 0.2) is 22.8 Å². The molecular weight excluding hydrogens is 1380 g/mol. The molecule has 24 nitrogen and oxygen atoms in total. The van der Waals surface area contributed by atoms with E-state index in [-0.39, 0.29) is 113 Å².